The summed E-state index contributed by atoms with van der Waals surface area (Å²) in [5, 5.41) is 11.1. The zero-order chi connectivity index (χ0) is 13.7. The highest BCUT2D eigenvalue weighted by molar-refractivity contribution is 6.01. The molecule has 0 unspecified atom stereocenters. The number of carboxylic acid groups (broad SMARTS) is 1. The molecule has 0 bridgehead atoms. The summed E-state index contributed by atoms with van der Waals surface area (Å²) in [5.41, 5.74) is 0.176. The highest BCUT2D eigenvalue weighted by Gasteiger charge is 2.21. The molecular formula is C12H15NO5. The molecule has 0 aliphatic heterocycles. The molecule has 18 heavy (non-hydrogen) atoms. The number of ether oxygens (including phenoxy) is 2. The van der Waals surface area contributed by atoms with Crippen LogP contribution in [0.15, 0.2) is 18.2 Å². The summed E-state index contributed by atoms with van der Waals surface area (Å²) >= 11 is 0. The minimum absolute atomic E-state index is 0.176. The Labute approximate surface area is 105 Å². The van der Waals surface area contributed by atoms with Crippen LogP contribution in [0, 0.1) is 0 Å². The summed E-state index contributed by atoms with van der Waals surface area (Å²) < 4.78 is 10.1. The van der Waals surface area contributed by atoms with Crippen molar-refractivity contribution < 1.29 is 24.2 Å². The van der Waals surface area contributed by atoms with Crippen LogP contribution in [0.5, 0.6) is 11.5 Å². The first-order valence-corrected chi connectivity index (χ1v) is 5.26. The number of methoxy groups -OCH3 is 2. The van der Waals surface area contributed by atoms with Gasteiger partial charge in [-0.3, -0.25) is 9.59 Å². The molecule has 0 spiro atoms. The zero-order valence-electron chi connectivity index (χ0n) is 10.4. The van der Waals surface area contributed by atoms with Gasteiger partial charge < -0.3 is 19.9 Å². The summed E-state index contributed by atoms with van der Waals surface area (Å²) in [5.74, 6) is -1.02. The lowest BCUT2D eigenvalue weighted by atomic mass is 10.1. The van der Waals surface area contributed by atoms with Crippen LogP contribution in [0.25, 0.3) is 0 Å². The fourth-order valence-electron chi connectivity index (χ4n) is 1.41. The maximum Gasteiger partial charge on any atom is 0.325 e. The standard InChI is InChI=1S/C12H15NO5/c1-7(12(15)16)13-11(14)10-8(17-2)5-4-6-9(10)18-3/h4-7H,1-3H3,(H,13,14)(H,15,16)/t7-/m0/s1. The number of benzene rings is 1. The van der Waals surface area contributed by atoms with Crippen LogP contribution in [-0.2, 0) is 4.79 Å². The summed E-state index contributed by atoms with van der Waals surface area (Å²) in [6.45, 7) is 1.38. The molecule has 1 atom stereocenters. The van der Waals surface area contributed by atoms with Gasteiger partial charge in [-0.2, -0.15) is 0 Å². The van der Waals surface area contributed by atoms with E-state index < -0.39 is 17.9 Å². The molecule has 0 saturated heterocycles. The van der Waals surface area contributed by atoms with Gasteiger partial charge in [-0.1, -0.05) is 6.07 Å². The smallest absolute Gasteiger partial charge is 0.325 e. The zero-order valence-corrected chi connectivity index (χ0v) is 10.4. The van der Waals surface area contributed by atoms with E-state index in [2.05, 4.69) is 5.32 Å². The van der Waals surface area contributed by atoms with Gasteiger partial charge in [0.1, 0.15) is 23.1 Å². The molecule has 6 heteroatoms. The molecule has 0 radical (unpaired) electrons. The molecular weight excluding hydrogens is 238 g/mol. The van der Waals surface area contributed by atoms with Crippen LogP contribution in [-0.4, -0.2) is 37.2 Å². The second-order valence-corrected chi connectivity index (χ2v) is 3.57. The molecule has 0 aliphatic rings. The molecule has 2 N–H and O–H groups in total. The Hall–Kier alpha value is -2.24. The van der Waals surface area contributed by atoms with E-state index in [0.29, 0.717) is 11.5 Å². The molecule has 1 aromatic carbocycles. The number of carbonyl (C=O) groups is 2. The Balaban J connectivity index is 3.07. The average Bonchev–Trinajstić information content (AvgIpc) is 2.37. The molecule has 0 saturated carbocycles. The van der Waals surface area contributed by atoms with E-state index in [1.807, 2.05) is 0 Å². The fourth-order valence-corrected chi connectivity index (χ4v) is 1.41. The first kappa shape index (κ1) is 13.8. The second kappa shape index (κ2) is 5.90. The van der Waals surface area contributed by atoms with E-state index in [9.17, 15) is 9.59 Å². The summed E-state index contributed by atoms with van der Waals surface area (Å²) in [6, 6.07) is 3.88. The van der Waals surface area contributed by atoms with Crippen molar-refractivity contribution in [2.75, 3.05) is 14.2 Å². The number of aliphatic carboxylic acids is 1. The van der Waals surface area contributed by atoms with E-state index in [1.54, 1.807) is 18.2 Å². The molecule has 0 fully saturated rings. The lowest BCUT2D eigenvalue weighted by Gasteiger charge is -2.14. The van der Waals surface area contributed by atoms with Crippen LogP contribution in [0.2, 0.25) is 0 Å². The van der Waals surface area contributed by atoms with Gasteiger partial charge in [-0.15, -0.1) is 0 Å². The molecule has 0 aromatic heterocycles. The van der Waals surface area contributed by atoms with E-state index in [1.165, 1.54) is 21.1 Å². The molecule has 1 aromatic rings. The predicted octanol–water partition coefficient (Wildman–Crippen LogP) is 0.907. The highest BCUT2D eigenvalue weighted by Crippen LogP contribution is 2.27. The predicted molar refractivity (Wildman–Crippen MR) is 64.1 cm³/mol. The van der Waals surface area contributed by atoms with Crippen molar-refractivity contribution in [2.45, 2.75) is 13.0 Å². The minimum atomic E-state index is -1.11. The Morgan fingerprint density at radius 1 is 1.22 bits per heavy atom. The van der Waals surface area contributed by atoms with E-state index in [4.69, 9.17) is 14.6 Å². The van der Waals surface area contributed by atoms with E-state index >= 15 is 0 Å². The van der Waals surface area contributed by atoms with Crippen molar-refractivity contribution in [3.05, 3.63) is 23.8 Å². The number of nitrogens with one attached hydrogen (secondary N) is 1. The maximum absolute atomic E-state index is 12.0. The highest BCUT2D eigenvalue weighted by atomic mass is 16.5. The third-order valence-electron chi connectivity index (χ3n) is 2.37. The topological polar surface area (TPSA) is 84.9 Å². The number of hydrogen-bond donors (Lipinski definition) is 2. The largest absolute Gasteiger partial charge is 0.496 e. The van der Waals surface area contributed by atoms with Crippen molar-refractivity contribution in [1.82, 2.24) is 5.32 Å². The number of carbonyl (C=O) groups excluding carboxylic acids is 1. The van der Waals surface area contributed by atoms with Gasteiger partial charge in [0.2, 0.25) is 0 Å². The quantitative estimate of drug-likeness (QED) is 0.814. The average molecular weight is 253 g/mol. The summed E-state index contributed by atoms with van der Waals surface area (Å²) in [4.78, 5) is 22.7. The van der Waals surface area contributed by atoms with Crippen LogP contribution in [0.4, 0.5) is 0 Å². The molecule has 0 aliphatic carbocycles. The first-order valence-electron chi connectivity index (χ1n) is 5.26. The monoisotopic (exact) mass is 253 g/mol. The number of carboxylic acids is 1. The summed E-state index contributed by atoms with van der Waals surface area (Å²) in [7, 11) is 2.85. The third kappa shape index (κ3) is 2.91. The lowest BCUT2D eigenvalue weighted by molar-refractivity contribution is -0.138. The van der Waals surface area contributed by atoms with Gasteiger partial charge >= 0.3 is 5.97 Å². The lowest BCUT2D eigenvalue weighted by Crippen LogP contribution is -2.38. The fraction of sp³-hybridized carbons (Fsp3) is 0.333. The summed E-state index contributed by atoms with van der Waals surface area (Å²) in [6.07, 6.45) is 0. The number of amides is 1. The number of rotatable bonds is 5. The number of hydrogen-bond acceptors (Lipinski definition) is 4. The Kier molecular flexibility index (Phi) is 4.53. The molecule has 98 valence electrons. The van der Waals surface area contributed by atoms with Crippen molar-refractivity contribution in [3.8, 4) is 11.5 Å². The van der Waals surface area contributed by atoms with Gasteiger partial charge in [0, 0.05) is 0 Å². The normalized spacial score (nSPS) is 11.5. The van der Waals surface area contributed by atoms with Gasteiger partial charge in [-0.25, -0.2) is 0 Å². The van der Waals surface area contributed by atoms with Crippen LogP contribution in [0.1, 0.15) is 17.3 Å². The SMILES string of the molecule is COc1cccc(OC)c1C(=O)N[C@@H](C)C(=O)O. The molecule has 1 rings (SSSR count). The van der Waals surface area contributed by atoms with Crippen LogP contribution < -0.4 is 14.8 Å². The van der Waals surface area contributed by atoms with Gasteiger partial charge in [-0.05, 0) is 19.1 Å². The van der Waals surface area contributed by atoms with Crippen molar-refractivity contribution >= 4 is 11.9 Å². The van der Waals surface area contributed by atoms with Crippen molar-refractivity contribution in [2.24, 2.45) is 0 Å². The Morgan fingerprint density at radius 3 is 2.11 bits per heavy atom. The van der Waals surface area contributed by atoms with Gasteiger partial charge in [0.05, 0.1) is 14.2 Å². The Bertz CT molecular complexity index is 436. The van der Waals surface area contributed by atoms with E-state index in [0.717, 1.165) is 0 Å². The Morgan fingerprint density at radius 2 is 1.72 bits per heavy atom. The van der Waals surface area contributed by atoms with Crippen LogP contribution in [0.3, 0.4) is 0 Å². The maximum atomic E-state index is 12.0. The minimum Gasteiger partial charge on any atom is -0.496 e. The van der Waals surface area contributed by atoms with E-state index in [-0.39, 0.29) is 5.56 Å². The third-order valence-corrected chi connectivity index (χ3v) is 2.37. The van der Waals surface area contributed by atoms with Crippen molar-refractivity contribution in [1.29, 1.82) is 0 Å². The van der Waals surface area contributed by atoms with Crippen molar-refractivity contribution in [3.63, 3.8) is 0 Å². The molecule has 6 nitrogen and oxygen atoms in total. The van der Waals surface area contributed by atoms with Gasteiger partial charge in [0.15, 0.2) is 0 Å². The molecule has 0 heterocycles. The first-order chi connectivity index (χ1) is 8.51. The second-order valence-electron chi connectivity index (χ2n) is 3.57. The van der Waals surface area contributed by atoms with Gasteiger partial charge in [0.25, 0.3) is 5.91 Å². The van der Waals surface area contributed by atoms with Crippen LogP contribution >= 0.6 is 0 Å². The molecule has 1 amide bonds.